The lowest BCUT2D eigenvalue weighted by Crippen LogP contribution is -2.33. The highest BCUT2D eigenvalue weighted by molar-refractivity contribution is 5.71. The zero-order valence-electron chi connectivity index (χ0n) is 12.8. The SMILES string of the molecule is CC1(C)COC(c2cccc(C3=CC(CCO)C3)c2)OC1. The fourth-order valence-corrected chi connectivity index (χ4v) is 2.87. The summed E-state index contributed by atoms with van der Waals surface area (Å²) in [6, 6.07) is 8.44. The first-order chi connectivity index (χ1) is 10.1. The van der Waals surface area contributed by atoms with E-state index < -0.39 is 0 Å². The van der Waals surface area contributed by atoms with E-state index in [9.17, 15) is 0 Å². The summed E-state index contributed by atoms with van der Waals surface area (Å²) in [7, 11) is 0. The van der Waals surface area contributed by atoms with Crippen molar-refractivity contribution in [3.8, 4) is 0 Å². The minimum Gasteiger partial charge on any atom is -0.396 e. The van der Waals surface area contributed by atoms with Crippen LogP contribution in [0.2, 0.25) is 0 Å². The molecule has 0 saturated carbocycles. The van der Waals surface area contributed by atoms with Crippen molar-refractivity contribution >= 4 is 5.57 Å². The largest absolute Gasteiger partial charge is 0.396 e. The van der Waals surface area contributed by atoms with Gasteiger partial charge in [0.2, 0.25) is 0 Å². The van der Waals surface area contributed by atoms with Crippen molar-refractivity contribution in [3.05, 3.63) is 41.5 Å². The molecule has 3 nitrogen and oxygen atoms in total. The average Bonchev–Trinajstić information content (AvgIpc) is 2.42. The maximum atomic E-state index is 8.95. The van der Waals surface area contributed by atoms with Crippen molar-refractivity contribution < 1.29 is 14.6 Å². The zero-order valence-corrected chi connectivity index (χ0v) is 12.8. The Hall–Kier alpha value is -1.16. The first-order valence-corrected chi connectivity index (χ1v) is 7.72. The quantitative estimate of drug-likeness (QED) is 0.921. The second-order valence-corrected chi connectivity index (χ2v) is 6.91. The smallest absolute Gasteiger partial charge is 0.183 e. The van der Waals surface area contributed by atoms with Gasteiger partial charge in [0.25, 0.3) is 0 Å². The molecule has 1 aliphatic carbocycles. The molecule has 21 heavy (non-hydrogen) atoms. The van der Waals surface area contributed by atoms with Crippen LogP contribution in [0, 0.1) is 11.3 Å². The van der Waals surface area contributed by atoms with E-state index in [0.717, 1.165) is 31.6 Å². The minimum absolute atomic E-state index is 0.0993. The maximum absolute atomic E-state index is 8.95. The molecule has 1 N–H and O–H groups in total. The van der Waals surface area contributed by atoms with E-state index in [-0.39, 0.29) is 18.3 Å². The Morgan fingerprint density at radius 3 is 2.62 bits per heavy atom. The molecular formula is C18H24O3. The molecule has 0 radical (unpaired) electrons. The van der Waals surface area contributed by atoms with E-state index in [4.69, 9.17) is 14.6 Å². The molecule has 1 fully saturated rings. The third-order valence-corrected chi connectivity index (χ3v) is 4.20. The summed E-state index contributed by atoms with van der Waals surface area (Å²) in [5, 5.41) is 8.95. The number of aliphatic hydroxyl groups excluding tert-OH is 1. The molecule has 1 aromatic carbocycles. The van der Waals surface area contributed by atoms with Crippen LogP contribution in [-0.2, 0) is 9.47 Å². The lowest BCUT2D eigenvalue weighted by molar-refractivity contribution is -0.226. The summed E-state index contributed by atoms with van der Waals surface area (Å²) in [5.74, 6) is 0.539. The average molecular weight is 288 g/mol. The second-order valence-electron chi connectivity index (χ2n) is 6.91. The van der Waals surface area contributed by atoms with E-state index >= 15 is 0 Å². The predicted octanol–water partition coefficient (Wildman–Crippen LogP) is 3.54. The summed E-state index contributed by atoms with van der Waals surface area (Å²) >= 11 is 0. The molecule has 0 aromatic heterocycles. The molecule has 2 aliphatic rings. The van der Waals surface area contributed by atoms with Gasteiger partial charge in [-0.15, -0.1) is 0 Å². The third kappa shape index (κ3) is 3.37. The predicted molar refractivity (Wildman–Crippen MR) is 82.7 cm³/mol. The van der Waals surface area contributed by atoms with Crippen LogP contribution in [0.1, 0.15) is 44.1 Å². The summed E-state index contributed by atoms with van der Waals surface area (Å²) < 4.78 is 11.7. The number of ether oxygens (including phenoxy) is 2. The number of allylic oxidation sites excluding steroid dienone is 2. The maximum Gasteiger partial charge on any atom is 0.183 e. The first kappa shape index (κ1) is 14.8. The van der Waals surface area contributed by atoms with Gasteiger partial charge in [-0.05, 0) is 36.0 Å². The molecule has 1 aliphatic heterocycles. The topological polar surface area (TPSA) is 38.7 Å². The number of aliphatic hydroxyl groups is 1. The summed E-state index contributed by atoms with van der Waals surface area (Å²) in [6.07, 6.45) is 3.95. The van der Waals surface area contributed by atoms with E-state index in [1.54, 1.807) is 0 Å². The highest BCUT2D eigenvalue weighted by Gasteiger charge is 2.29. The van der Waals surface area contributed by atoms with Gasteiger partial charge in [-0.3, -0.25) is 0 Å². The molecule has 1 unspecified atom stereocenters. The molecule has 114 valence electrons. The standard InChI is InChI=1S/C18H24O3/c1-18(2)11-20-17(21-12-18)15-5-3-4-14(10-15)16-8-13(9-16)6-7-19/h3-5,8,10,13,17,19H,6-7,9,11-12H2,1-2H3. The van der Waals surface area contributed by atoms with Crippen LogP contribution in [0.3, 0.4) is 0 Å². The van der Waals surface area contributed by atoms with Gasteiger partial charge in [0.1, 0.15) is 0 Å². The Bertz CT molecular complexity index is 523. The molecule has 1 atom stereocenters. The number of benzene rings is 1. The Labute approximate surface area is 126 Å². The number of rotatable bonds is 4. The molecule has 0 amide bonds. The summed E-state index contributed by atoms with van der Waals surface area (Å²) in [6.45, 7) is 6.03. The normalized spacial score (nSPS) is 25.3. The van der Waals surface area contributed by atoms with Crippen LogP contribution < -0.4 is 0 Å². The molecule has 0 spiro atoms. The highest BCUT2D eigenvalue weighted by atomic mass is 16.7. The van der Waals surface area contributed by atoms with Crippen LogP contribution in [0.25, 0.3) is 5.57 Å². The van der Waals surface area contributed by atoms with Gasteiger partial charge in [0.15, 0.2) is 6.29 Å². The minimum atomic E-state index is -0.244. The lowest BCUT2D eigenvalue weighted by atomic mass is 9.80. The van der Waals surface area contributed by atoms with Gasteiger partial charge < -0.3 is 14.6 Å². The molecular weight excluding hydrogens is 264 g/mol. The molecule has 3 rings (SSSR count). The Kier molecular flexibility index (Phi) is 4.16. The third-order valence-electron chi connectivity index (χ3n) is 4.20. The number of hydrogen-bond donors (Lipinski definition) is 1. The van der Waals surface area contributed by atoms with Gasteiger partial charge >= 0.3 is 0 Å². The van der Waals surface area contributed by atoms with Crippen LogP contribution in [0.4, 0.5) is 0 Å². The van der Waals surface area contributed by atoms with Crippen LogP contribution >= 0.6 is 0 Å². The monoisotopic (exact) mass is 288 g/mol. The van der Waals surface area contributed by atoms with Crippen molar-refractivity contribution in [2.75, 3.05) is 19.8 Å². The van der Waals surface area contributed by atoms with Gasteiger partial charge in [0.05, 0.1) is 13.2 Å². The Balaban J connectivity index is 1.69. The Morgan fingerprint density at radius 1 is 1.24 bits per heavy atom. The fraction of sp³-hybridized carbons (Fsp3) is 0.556. The van der Waals surface area contributed by atoms with Gasteiger partial charge in [-0.2, -0.15) is 0 Å². The fourth-order valence-electron chi connectivity index (χ4n) is 2.87. The zero-order chi connectivity index (χ0) is 14.9. The van der Waals surface area contributed by atoms with Crippen molar-refractivity contribution in [2.24, 2.45) is 11.3 Å². The van der Waals surface area contributed by atoms with E-state index in [0.29, 0.717) is 5.92 Å². The van der Waals surface area contributed by atoms with Gasteiger partial charge in [-0.25, -0.2) is 0 Å². The first-order valence-electron chi connectivity index (χ1n) is 7.72. The summed E-state index contributed by atoms with van der Waals surface area (Å²) in [4.78, 5) is 0. The van der Waals surface area contributed by atoms with Gasteiger partial charge in [-0.1, -0.05) is 38.1 Å². The van der Waals surface area contributed by atoms with Crippen molar-refractivity contribution in [3.63, 3.8) is 0 Å². The van der Waals surface area contributed by atoms with Crippen LogP contribution in [0.15, 0.2) is 30.3 Å². The van der Waals surface area contributed by atoms with E-state index in [2.05, 4.69) is 44.2 Å². The molecule has 1 saturated heterocycles. The molecule has 1 aromatic rings. The van der Waals surface area contributed by atoms with E-state index in [1.807, 2.05) is 0 Å². The van der Waals surface area contributed by atoms with Crippen molar-refractivity contribution in [2.45, 2.75) is 33.0 Å². The molecule has 0 bridgehead atoms. The molecule has 3 heteroatoms. The van der Waals surface area contributed by atoms with Crippen molar-refractivity contribution in [1.29, 1.82) is 0 Å². The van der Waals surface area contributed by atoms with Gasteiger partial charge in [0, 0.05) is 17.6 Å². The summed E-state index contributed by atoms with van der Waals surface area (Å²) in [5.41, 5.74) is 3.81. The van der Waals surface area contributed by atoms with Crippen LogP contribution in [0.5, 0.6) is 0 Å². The van der Waals surface area contributed by atoms with Crippen molar-refractivity contribution in [1.82, 2.24) is 0 Å². The highest BCUT2D eigenvalue weighted by Crippen LogP contribution is 2.37. The number of hydrogen-bond acceptors (Lipinski definition) is 3. The second kappa shape index (κ2) is 5.91. The van der Waals surface area contributed by atoms with Crippen LogP contribution in [-0.4, -0.2) is 24.9 Å². The molecule has 1 heterocycles. The Morgan fingerprint density at radius 2 is 1.95 bits per heavy atom. The lowest BCUT2D eigenvalue weighted by Gasteiger charge is -2.35. The van der Waals surface area contributed by atoms with E-state index in [1.165, 1.54) is 11.1 Å².